The molecule has 16 heavy (non-hydrogen) atoms. The standard InChI is InChI=1S/C13H20O3/c1-3-5-11(14)7-9-13(16)10-8-12(15)6-4-2/h3H,1,4-10H2,2H3. The van der Waals surface area contributed by atoms with Crippen molar-refractivity contribution in [2.45, 2.75) is 51.9 Å². The molecule has 90 valence electrons. The van der Waals surface area contributed by atoms with Gasteiger partial charge in [0.25, 0.3) is 0 Å². The summed E-state index contributed by atoms with van der Waals surface area (Å²) in [6, 6.07) is 0. The van der Waals surface area contributed by atoms with Gasteiger partial charge in [-0.3, -0.25) is 14.4 Å². The highest BCUT2D eigenvalue weighted by molar-refractivity contribution is 5.89. The van der Waals surface area contributed by atoms with Crippen LogP contribution in [0.2, 0.25) is 0 Å². The largest absolute Gasteiger partial charge is 0.300 e. The zero-order valence-corrected chi connectivity index (χ0v) is 9.96. The van der Waals surface area contributed by atoms with Gasteiger partial charge in [-0.1, -0.05) is 13.0 Å². The Bertz CT molecular complexity index is 266. The number of ketones is 3. The van der Waals surface area contributed by atoms with Gasteiger partial charge in [0.2, 0.25) is 0 Å². The number of Topliss-reactive ketones (excluding diaryl/α,β-unsaturated/α-hetero) is 3. The van der Waals surface area contributed by atoms with Crippen LogP contribution in [-0.2, 0) is 14.4 Å². The molecule has 0 amide bonds. The van der Waals surface area contributed by atoms with Gasteiger partial charge in [-0.2, -0.15) is 0 Å². The molecular formula is C13H20O3. The smallest absolute Gasteiger partial charge is 0.137 e. The van der Waals surface area contributed by atoms with E-state index in [1.54, 1.807) is 0 Å². The van der Waals surface area contributed by atoms with Gasteiger partial charge in [-0.15, -0.1) is 6.58 Å². The lowest BCUT2D eigenvalue weighted by molar-refractivity contribution is -0.125. The minimum Gasteiger partial charge on any atom is -0.300 e. The van der Waals surface area contributed by atoms with E-state index in [1.807, 2.05) is 6.92 Å². The van der Waals surface area contributed by atoms with Gasteiger partial charge >= 0.3 is 0 Å². The summed E-state index contributed by atoms with van der Waals surface area (Å²) >= 11 is 0. The van der Waals surface area contributed by atoms with Crippen molar-refractivity contribution in [3.05, 3.63) is 12.7 Å². The van der Waals surface area contributed by atoms with E-state index in [4.69, 9.17) is 0 Å². The fraction of sp³-hybridized carbons (Fsp3) is 0.615. The van der Waals surface area contributed by atoms with E-state index in [-0.39, 0.29) is 36.6 Å². The molecule has 0 saturated heterocycles. The van der Waals surface area contributed by atoms with Gasteiger partial charge in [0.1, 0.15) is 17.3 Å². The van der Waals surface area contributed by atoms with Crippen LogP contribution in [0.25, 0.3) is 0 Å². The van der Waals surface area contributed by atoms with Gasteiger partial charge in [-0.05, 0) is 6.42 Å². The minimum absolute atomic E-state index is 0.00173. The lowest BCUT2D eigenvalue weighted by Gasteiger charge is -1.99. The van der Waals surface area contributed by atoms with Crippen LogP contribution in [0.15, 0.2) is 12.7 Å². The highest BCUT2D eigenvalue weighted by Gasteiger charge is 2.08. The van der Waals surface area contributed by atoms with Crippen molar-refractivity contribution in [2.24, 2.45) is 0 Å². The van der Waals surface area contributed by atoms with Crippen molar-refractivity contribution >= 4 is 17.3 Å². The summed E-state index contributed by atoms with van der Waals surface area (Å²) in [4.78, 5) is 33.6. The first-order valence-corrected chi connectivity index (χ1v) is 5.76. The molecule has 0 rings (SSSR count). The van der Waals surface area contributed by atoms with Crippen LogP contribution in [0.3, 0.4) is 0 Å². The summed E-state index contributed by atoms with van der Waals surface area (Å²) in [6.07, 6.45) is 4.36. The predicted molar refractivity (Wildman–Crippen MR) is 63.2 cm³/mol. The molecule has 0 spiro atoms. The summed E-state index contributed by atoms with van der Waals surface area (Å²) in [7, 11) is 0. The molecule has 0 aromatic carbocycles. The van der Waals surface area contributed by atoms with Crippen LogP contribution in [0.4, 0.5) is 0 Å². The van der Waals surface area contributed by atoms with Gasteiger partial charge in [0, 0.05) is 38.5 Å². The van der Waals surface area contributed by atoms with Gasteiger partial charge in [-0.25, -0.2) is 0 Å². The Morgan fingerprint density at radius 2 is 1.31 bits per heavy atom. The number of allylic oxidation sites excluding steroid dienone is 1. The van der Waals surface area contributed by atoms with Crippen LogP contribution in [0.5, 0.6) is 0 Å². The van der Waals surface area contributed by atoms with Crippen molar-refractivity contribution < 1.29 is 14.4 Å². The molecule has 0 aliphatic carbocycles. The molecule has 0 saturated carbocycles. The lowest BCUT2D eigenvalue weighted by Crippen LogP contribution is -2.06. The molecule has 0 unspecified atom stereocenters. The lowest BCUT2D eigenvalue weighted by atomic mass is 10.0. The van der Waals surface area contributed by atoms with Crippen LogP contribution in [0.1, 0.15) is 51.9 Å². The normalized spacial score (nSPS) is 9.81. The van der Waals surface area contributed by atoms with E-state index in [2.05, 4.69) is 6.58 Å². The Hall–Kier alpha value is -1.25. The zero-order chi connectivity index (χ0) is 12.4. The third-order valence-electron chi connectivity index (χ3n) is 2.27. The molecule has 0 heterocycles. The fourth-order valence-electron chi connectivity index (χ4n) is 1.35. The first-order valence-electron chi connectivity index (χ1n) is 5.76. The van der Waals surface area contributed by atoms with Gasteiger partial charge in [0.05, 0.1) is 0 Å². The van der Waals surface area contributed by atoms with Crippen molar-refractivity contribution in [3.63, 3.8) is 0 Å². The van der Waals surface area contributed by atoms with E-state index in [1.165, 1.54) is 6.08 Å². The first-order chi connectivity index (χ1) is 7.60. The Kier molecular flexibility index (Phi) is 8.31. The molecule has 3 heteroatoms. The van der Waals surface area contributed by atoms with Crippen molar-refractivity contribution in [1.29, 1.82) is 0 Å². The Morgan fingerprint density at radius 3 is 1.75 bits per heavy atom. The molecule has 0 atom stereocenters. The molecule has 0 radical (unpaired) electrons. The second-order valence-corrected chi connectivity index (χ2v) is 3.86. The highest BCUT2D eigenvalue weighted by atomic mass is 16.1. The van der Waals surface area contributed by atoms with E-state index in [0.717, 1.165) is 6.42 Å². The molecule has 0 fully saturated rings. The topological polar surface area (TPSA) is 51.2 Å². The SMILES string of the molecule is C=CCC(=O)CCC(=O)CCC(=O)CCC. The van der Waals surface area contributed by atoms with Gasteiger partial charge < -0.3 is 0 Å². The molecule has 0 aliphatic rings. The zero-order valence-electron chi connectivity index (χ0n) is 9.96. The fourth-order valence-corrected chi connectivity index (χ4v) is 1.35. The minimum atomic E-state index is 0.00173. The molecule has 3 nitrogen and oxygen atoms in total. The number of rotatable bonds is 10. The summed E-state index contributed by atoms with van der Waals surface area (Å²) < 4.78 is 0. The van der Waals surface area contributed by atoms with E-state index in [9.17, 15) is 14.4 Å². The van der Waals surface area contributed by atoms with Crippen LogP contribution in [-0.4, -0.2) is 17.3 Å². The van der Waals surface area contributed by atoms with Gasteiger partial charge in [0.15, 0.2) is 0 Å². The molecule has 0 aromatic heterocycles. The van der Waals surface area contributed by atoms with Crippen molar-refractivity contribution in [1.82, 2.24) is 0 Å². The molecular weight excluding hydrogens is 204 g/mol. The Morgan fingerprint density at radius 1 is 0.875 bits per heavy atom. The maximum atomic E-state index is 11.3. The second kappa shape index (κ2) is 9.01. The Balaban J connectivity index is 3.62. The van der Waals surface area contributed by atoms with E-state index < -0.39 is 0 Å². The maximum absolute atomic E-state index is 11.3. The first kappa shape index (κ1) is 14.8. The third kappa shape index (κ3) is 8.09. The van der Waals surface area contributed by atoms with Crippen molar-refractivity contribution in [2.75, 3.05) is 0 Å². The van der Waals surface area contributed by atoms with Crippen LogP contribution < -0.4 is 0 Å². The summed E-state index contributed by atoms with van der Waals surface area (Å²) in [5.74, 6) is 0.165. The highest BCUT2D eigenvalue weighted by Crippen LogP contribution is 2.04. The van der Waals surface area contributed by atoms with E-state index >= 15 is 0 Å². The number of hydrogen-bond donors (Lipinski definition) is 0. The number of carbonyl (C=O) groups is 3. The molecule has 0 bridgehead atoms. The maximum Gasteiger partial charge on any atom is 0.137 e. The monoisotopic (exact) mass is 224 g/mol. The summed E-state index contributed by atoms with van der Waals surface area (Å²) in [6.45, 7) is 5.40. The molecule has 0 aliphatic heterocycles. The van der Waals surface area contributed by atoms with Crippen LogP contribution >= 0.6 is 0 Å². The average Bonchev–Trinajstić information content (AvgIpc) is 2.24. The summed E-state index contributed by atoms with van der Waals surface area (Å²) in [5, 5.41) is 0. The number of carbonyl (C=O) groups excluding carboxylic acids is 3. The van der Waals surface area contributed by atoms with Crippen molar-refractivity contribution in [3.8, 4) is 0 Å². The quantitative estimate of drug-likeness (QED) is 0.536. The molecule has 0 aromatic rings. The number of hydrogen-bond acceptors (Lipinski definition) is 3. The Labute approximate surface area is 96.9 Å². The third-order valence-corrected chi connectivity index (χ3v) is 2.27. The van der Waals surface area contributed by atoms with Crippen LogP contribution in [0, 0.1) is 0 Å². The summed E-state index contributed by atoms with van der Waals surface area (Å²) in [5.41, 5.74) is 0. The van der Waals surface area contributed by atoms with E-state index in [0.29, 0.717) is 19.3 Å². The predicted octanol–water partition coefficient (Wildman–Crippen LogP) is 2.63. The second-order valence-electron chi connectivity index (χ2n) is 3.86. The average molecular weight is 224 g/mol. The molecule has 0 N–H and O–H groups in total.